The molecule has 338 valence electrons. The summed E-state index contributed by atoms with van der Waals surface area (Å²) in [6.07, 6.45) is 4.10. The number of azo groups is 2. The van der Waals surface area contributed by atoms with E-state index in [0.29, 0.717) is 31.1 Å². The van der Waals surface area contributed by atoms with Crippen molar-refractivity contribution in [1.29, 1.82) is 0 Å². The Balaban J connectivity index is 1.92. The van der Waals surface area contributed by atoms with E-state index >= 15 is 0 Å². The van der Waals surface area contributed by atoms with E-state index in [1.807, 2.05) is 0 Å². The lowest BCUT2D eigenvalue weighted by Crippen LogP contribution is -2.58. The number of urea groups is 2. The van der Waals surface area contributed by atoms with Gasteiger partial charge in [-0.15, -0.1) is 0 Å². The van der Waals surface area contributed by atoms with E-state index in [1.165, 1.54) is 68.9 Å². The van der Waals surface area contributed by atoms with Crippen molar-refractivity contribution in [3.05, 3.63) is 36.4 Å². The average Bonchev–Trinajstić information content (AvgIpc) is 3.20. The molecular formula is C40H56N10O10S2. The molecule has 0 spiro atoms. The van der Waals surface area contributed by atoms with Gasteiger partial charge in [0.25, 0.3) is 34.9 Å². The van der Waals surface area contributed by atoms with Crippen LogP contribution in [0.25, 0.3) is 11.1 Å². The first-order valence-corrected chi connectivity index (χ1v) is 22.7. The van der Waals surface area contributed by atoms with Gasteiger partial charge in [-0.05, 0) is 62.8 Å². The number of imide groups is 4. The van der Waals surface area contributed by atoms with Crippen LogP contribution >= 0.6 is 0 Å². The molecule has 0 radical (unpaired) electrons. The minimum absolute atomic E-state index is 0.0262. The third-order valence-electron chi connectivity index (χ3n) is 10.5. The number of likely N-dealkylation sites (N-methyl/N-ethyl adjacent to an activating group) is 4. The Labute approximate surface area is 364 Å². The quantitative estimate of drug-likeness (QED) is 0.0943. The number of anilines is 1. The zero-order valence-electron chi connectivity index (χ0n) is 36.6. The monoisotopic (exact) mass is 900 g/mol. The molecule has 2 aromatic carbocycles. The van der Waals surface area contributed by atoms with Crippen molar-refractivity contribution in [2.24, 2.45) is 32.3 Å². The molecule has 0 aromatic heterocycles. The molecule has 3 unspecified atom stereocenters. The molecular weight excluding hydrogens is 845 g/mol. The zero-order chi connectivity index (χ0) is 46.4. The van der Waals surface area contributed by atoms with Gasteiger partial charge < -0.3 is 0 Å². The second-order valence-corrected chi connectivity index (χ2v) is 18.9. The second-order valence-electron chi connectivity index (χ2n) is 16.3. The van der Waals surface area contributed by atoms with E-state index in [-0.39, 0.29) is 33.1 Å². The zero-order valence-corrected chi connectivity index (χ0v) is 38.3. The molecule has 22 heteroatoms. The maximum atomic E-state index is 14.5. The highest BCUT2D eigenvalue weighted by atomic mass is 32.2. The first-order chi connectivity index (χ1) is 29.0. The summed E-state index contributed by atoms with van der Waals surface area (Å²) in [7, 11) is 0.355. The number of amides is 8. The fraction of sp³-hybridized carbons (Fsp3) is 0.550. The summed E-state index contributed by atoms with van der Waals surface area (Å²) < 4.78 is 57.0. The normalized spacial score (nSPS) is 17.8. The molecule has 62 heavy (non-hydrogen) atoms. The van der Waals surface area contributed by atoms with E-state index in [4.69, 9.17) is 0 Å². The number of hydrogen-bond donors (Lipinski definition) is 2. The van der Waals surface area contributed by atoms with Gasteiger partial charge in [0.2, 0.25) is 22.1 Å². The summed E-state index contributed by atoms with van der Waals surface area (Å²) in [6, 6.07) is 2.04. The largest absolute Gasteiger partial charge is 0.333 e. The predicted octanol–water partition coefficient (Wildman–Crippen LogP) is 6.01. The summed E-state index contributed by atoms with van der Waals surface area (Å²) >= 11 is -2.69. The van der Waals surface area contributed by atoms with E-state index in [0.717, 1.165) is 38.9 Å². The molecule has 0 aliphatic carbocycles. The number of nitrogens with zero attached hydrogens (tertiary/aromatic N) is 9. The van der Waals surface area contributed by atoms with Gasteiger partial charge in [0.05, 0.1) is 22.0 Å². The molecule has 20 nitrogen and oxygen atoms in total. The number of rotatable bonds is 19. The summed E-state index contributed by atoms with van der Waals surface area (Å²) in [6.45, 7) is 11.7. The van der Waals surface area contributed by atoms with Crippen LogP contribution in [0.1, 0.15) is 80.1 Å². The predicted molar refractivity (Wildman–Crippen MR) is 230 cm³/mol. The smallest absolute Gasteiger partial charge is 0.289 e. The standard InChI is InChI=1S/C40H56N10O10S2/c1-23(2)13-11-15-25(5)45-62(59,60)32-22-28(42-44-34-37(53)48(9)40(56)49(10)38(34)54)18-20-30(32)29-19-17-27(41-43-33-35(51)46(7)39(55)47(8)36(33)52)21-31(29)50(61(57)58)26(6)16-12-14-24(3)4/h17-26,33-34,45H,11-16H2,1-10H3,(H,57,58). The summed E-state index contributed by atoms with van der Waals surface area (Å²) in [5.41, 5.74) is 0.223. The van der Waals surface area contributed by atoms with Gasteiger partial charge in [0.15, 0.2) is 0 Å². The number of barbiturate groups is 2. The average molecular weight is 901 g/mol. The number of carbonyl (C=O) groups excluding carboxylic acids is 6. The molecule has 2 N–H and O–H groups in total. The van der Waals surface area contributed by atoms with Gasteiger partial charge in [-0.3, -0.25) is 47.6 Å². The van der Waals surface area contributed by atoms with Gasteiger partial charge in [-0.2, -0.15) is 20.5 Å². The van der Waals surface area contributed by atoms with Crippen molar-refractivity contribution in [3.63, 3.8) is 0 Å². The van der Waals surface area contributed by atoms with Crippen LogP contribution in [-0.4, -0.2) is 125 Å². The summed E-state index contributed by atoms with van der Waals surface area (Å²) in [5, 5.41) is 16.1. The molecule has 2 aromatic rings. The topological polar surface area (TPSA) is 252 Å². The first kappa shape index (κ1) is 49.3. The van der Waals surface area contributed by atoms with Crippen LogP contribution in [-0.2, 0) is 40.5 Å². The van der Waals surface area contributed by atoms with Crippen LogP contribution in [0.2, 0.25) is 0 Å². The fourth-order valence-electron chi connectivity index (χ4n) is 6.86. The SMILES string of the molecule is CC(C)CCCC(C)NS(=O)(=O)c1cc(N=NC2C(=O)N(C)C(=O)N(C)C2=O)ccc1-c1ccc(N=NC2C(=O)N(C)C(=O)N(C)C2=O)cc1N(C(C)CCCC(C)C)S(=O)O. The molecule has 3 atom stereocenters. The van der Waals surface area contributed by atoms with Crippen LogP contribution in [0.4, 0.5) is 26.7 Å². The Bertz CT molecular complexity index is 2220. The highest BCUT2D eigenvalue weighted by Crippen LogP contribution is 2.41. The Morgan fingerprint density at radius 3 is 1.52 bits per heavy atom. The van der Waals surface area contributed by atoms with Gasteiger partial charge in [-0.1, -0.05) is 65.5 Å². The van der Waals surface area contributed by atoms with Crippen molar-refractivity contribution in [2.45, 2.75) is 109 Å². The van der Waals surface area contributed by atoms with Crippen molar-refractivity contribution in [1.82, 2.24) is 24.3 Å². The van der Waals surface area contributed by atoms with Gasteiger partial charge in [-0.25, -0.2) is 26.9 Å². The van der Waals surface area contributed by atoms with Crippen LogP contribution in [0.3, 0.4) is 0 Å². The minimum atomic E-state index is -4.43. The molecule has 0 saturated carbocycles. The Hall–Kier alpha value is -5.32. The first-order valence-electron chi connectivity index (χ1n) is 20.2. The maximum Gasteiger partial charge on any atom is 0.333 e. The third kappa shape index (κ3) is 11.4. The minimum Gasteiger partial charge on any atom is -0.289 e. The molecule has 0 bridgehead atoms. The van der Waals surface area contributed by atoms with Crippen molar-refractivity contribution in [3.8, 4) is 11.1 Å². The Morgan fingerprint density at radius 2 is 1.08 bits per heavy atom. The molecule has 8 amide bonds. The van der Waals surface area contributed by atoms with Gasteiger partial charge in [0.1, 0.15) is 0 Å². The molecule has 2 aliphatic rings. The van der Waals surface area contributed by atoms with Crippen molar-refractivity contribution < 1.29 is 45.9 Å². The number of carbonyl (C=O) groups is 6. The van der Waals surface area contributed by atoms with E-state index in [9.17, 15) is 45.9 Å². The summed E-state index contributed by atoms with van der Waals surface area (Å²) in [4.78, 5) is 78.7. The number of hydrogen-bond acceptors (Lipinski definition) is 13. The number of nitrogens with one attached hydrogen (secondary N) is 1. The summed E-state index contributed by atoms with van der Waals surface area (Å²) in [5.74, 6) is -2.90. The molecule has 2 aliphatic heterocycles. The van der Waals surface area contributed by atoms with Crippen LogP contribution in [0, 0.1) is 11.8 Å². The van der Waals surface area contributed by atoms with Crippen LogP contribution < -0.4 is 9.03 Å². The molecule has 2 saturated heterocycles. The van der Waals surface area contributed by atoms with Crippen molar-refractivity contribution >= 4 is 74.0 Å². The lowest BCUT2D eigenvalue weighted by Gasteiger charge is -2.30. The number of sulfonamides is 1. The Kier molecular flexibility index (Phi) is 16.5. The second kappa shape index (κ2) is 20.7. The fourth-order valence-corrected chi connectivity index (χ4v) is 9.11. The van der Waals surface area contributed by atoms with Gasteiger partial charge in [0, 0.05) is 51.4 Å². The van der Waals surface area contributed by atoms with Crippen LogP contribution in [0.15, 0.2) is 61.8 Å². The molecule has 2 fully saturated rings. The van der Waals surface area contributed by atoms with Crippen LogP contribution in [0.5, 0.6) is 0 Å². The molecule has 4 rings (SSSR count). The highest BCUT2D eigenvalue weighted by Gasteiger charge is 2.44. The van der Waals surface area contributed by atoms with E-state index in [2.05, 4.69) is 52.9 Å². The highest BCUT2D eigenvalue weighted by molar-refractivity contribution is 7.89. The number of benzene rings is 2. The maximum absolute atomic E-state index is 14.5. The molecule has 2 heterocycles. The Morgan fingerprint density at radius 1 is 0.661 bits per heavy atom. The van der Waals surface area contributed by atoms with Gasteiger partial charge >= 0.3 is 12.1 Å². The lowest BCUT2D eigenvalue weighted by atomic mass is 10.0. The lowest BCUT2D eigenvalue weighted by molar-refractivity contribution is -0.144. The van der Waals surface area contributed by atoms with E-state index < -0.39 is 81.1 Å². The third-order valence-corrected chi connectivity index (χ3v) is 13.0. The van der Waals surface area contributed by atoms with Crippen molar-refractivity contribution in [2.75, 3.05) is 32.5 Å². The van der Waals surface area contributed by atoms with E-state index in [1.54, 1.807) is 13.8 Å².